The first kappa shape index (κ1) is 15.7. The number of carbonyl (C=O) groups is 1. The highest BCUT2D eigenvalue weighted by atomic mass is 32.1. The lowest BCUT2D eigenvalue weighted by molar-refractivity contribution is -0.151. The van der Waals surface area contributed by atoms with E-state index < -0.39 is 17.6 Å². The first-order chi connectivity index (χ1) is 9.57. The zero-order valence-electron chi connectivity index (χ0n) is 11.5. The first-order valence-electron chi connectivity index (χ1n) is 6.31. The Bertz CT molecular complexity index is 565. The highest BCUT2D eigenvalue weighted by Crippen LogP contribution is 2.54. The Labute approximate surface area is 123 Å². The van der Waals surface area contributed by atoms with Gasteiger partial charge in [-0.3, -0.25) is 4.79 Å². The van der Waals surface area contributed by atoms with E-state index in [1.165, 1.54) is 0 Å². The number of anilines is 2. The van der Waals surface area contributed by atoms with Crippen molar-refractivity contribution >= 4 is 27.9 Å². The number of rotatable bonds is 5. The van der Waals surface area contributed by atoms with Crippen molar-refractivity contribution in [2.75, 3.05) is 11.1 Å². The van der Waals surface area contributed by atoms with Crippen LogP contribution in [0.4, 0.5) is 23.9 Å². The van der Waals surface area contributed by atoms with E-state index in [1.807, 2.05) is 0 Å². The third-order valence-corrected chi connectivity index (χ3v) is 4.24. The Morgan fingerprint density at radius 3 is 2.38 bits per heavy atom. The largest absolute Gasteiger partial charge is 0.486 e. The van der Waals surface area contributed by atoms with Gasteiger partial charge in [-0.15, -0.1) is 11.3 Å². The van der Waals surface area contributed by atoms with Gasteiger partial charge in [-0.05, 0) is 26.7 Å². The van der Waals surface area contributed by atoms with Crippen molar-refractivity contribution in [3.05, 3.63) is 4.88 Å². The van der Waals surface area contributed by atoms with Crippen LogP contribution in [0.25, 0.3) is 0 Å². The number of halogens is 3. The Morgan fingerprint density at radius 2 is 2.00 bits per heavy atom. The number of nitrogens with two attached hydrogens (primary N) is 2. The van der Waals surface area contributed by atoms with Gasteiger partial charge in [0.05, 0.1) is 6.10 Å². The van der Waals surface area contributed by atoms with E-state index in [2.05, 4.69) is 5.32 Å². The molecule has 0 radical (unpaired) electrons. The lowest BCUT2D eigenvalue weighted by Gasteiger charge is -2.22. The van der Waals surface area contributed by atoms with Crippen LogP contribution in [0.2, 0.25) is 0 Å². The van der Waals surface area contributed by atoms with Crippen LogP contribution in [-0.2, 0) is 0 Å². The summed E-state index contributed by atoms with van der Waals surface area (Å²) < 4.78 is 44.5. The van der Waals surface area contributed by atoms with Crippen molar-refractivity contribution in [1.82, 2.24) is 0 Å². The molecule has 1 heterocycles. The van der Waals surface area contributed by atoms with Crippen molar-refractivity contribution in [2.24, 2.45) is 5.73 Å². The van der Waals surface area contributed by atoms with Gasteiger partial charge in [-0.2, -0.15) is 13.2 Å². The molecule has 1 amide bonds. The molecule has 0 aliphatic heterocycles. The van der Waals surface area contributed by atoms with Crippen molar-refractivity contribution in [3.63, 3.8) is 0 Å². The van der Waals surface area contributed by atoms with Crippen LogP contribution in [0.1, 0.15) is 36.4 Å². The molecular formula is C12H16F3N3O2S. The first-order valence-corrected chi connectivity index (χ1v) is 7.12. The molecule has 118 valence electrons. The maximum atomic E-state index is 13.0. The third-order valence-electron chi connectivity index (χ3n) is 3.12. The van der Waals surface area contributed by atoms with E-state index in [0.717, 1.165) is 11.3 Å². The minimum atomic E-state index is -4.38. The monoisotopic (exact) mass is 323 g/mol. The Kier molecular flexibility index (Phi) is 3.73. The Hall–Kier alpha value is -1.64. The van der Waals surface area contributed by atoms with E-state index >= 15 is 0 Å². The van der Waals surface area contributed by atoms with Gasteiger partial charge >= 0.3 is 6.18 Å². The number of amides is 1. The molecule has 9 heteroatoms. The molecule has 1 aromatic rings. The second-order valence-electron chi connectivity index (χ2n) is 5.24. The maximum Gasteiger partial charge on any atom is 0.411 e. The van der Waals surface area contributed by atoms with E-state index in [0.29, 0.717) is 0 Å². The van der Waals surface area contributed by atoms with E-state index in [4.69, 9.17) is 16.2 Å². The average molecular weight is 323 g/mol. The van der Waals surface area contributed by atoms with Gasteiger partial charge in [0.2, 0.25) is 0 Å². The zero-order valence-corrected chi connectivity index (χ0v) is 12.3. The summed E-state index contributed by atoms with van der Waals surface area (Å²) in [7, 11) is 0. The summed E-state index contributed by atoms with van der Waals surface area (Å²) in [5.74, 6) is -0.740. The number of carbonyl (C=O) groups excluding carboxylic acids is 1. The molecule has 0 unspecified atom stereocenters. The molecule has 5 N–H and O–H groups in total. The minimum Gasteiger partial charge on any atom is -0.486 e. The molecule has 21 heavy (non-hydrogen) atoms. The van der Waals surface area contributed by atoms with Gasteiger partial charge in [0.25, 0.3) is 5.91 Å². The minimum absolute atomic E-state index is 0.00822. The molecule has 1 aliphatic carbocycles. The fraction of sp³-hybridized carbons (Fsp3) is 0.583. The summed E-state index contributed by atoms with van der Waals surface area (Å²) in [4.78, 5) is 11.3. The van der Waals surface area contributed by atoms with Gasteiger partial charge < -0.3 is 21.5 Å². The molecule has 0 atom stereocenters. The van der Waals surface area contributed by atoms with Crippen LogP contribution in [0.15, 0.2) is 0 Å². The van der Waals surface area contributed by atoms with Gasteiger partial charge in [-0.25, -0.2) is 0 Å². The number of nitrogens with one attached hydrogen (secondary N) is 1. The summed E-state index contributed by atoms with van der Waals surface area (Å²) in [6.07, 6.45) is -4.74. The molecule has 1 saturated carbocycles. The normalized spacial score (nSPS) is 16.9. The standard InChI is InChI=1S/C12H16F3N3O2S/c1-5(2)20-7-6(16)8(9(17)19)21-10(7)18-11(3-4-11)12(13,14)15/h5,18H,3-4,16H2,1-2H3,(H2,17,19). The van der Waals surface area contributed by atoms with Crippen molar-refractivity contribution < 1.29 is 22.7 Å². The molecule has 1 aromatic heterocycles. The summed E-state index contributed by atoms with van der Waals surface area (Å²) in [5, 5.41) is 2.53. The summed E-state index contributed by atoms with van der Waals surface area (Å²) in [6, 6.07) is 0. The number of nitrogen functional groups attached to an aromatic ring is 1. The number of alkyl halides is 3. The van der Waals surface area contributed by atoms with Crippen molar-refractivity contribution in [1.29, 1.82) is 0 Å². The number of ether oxygens (including phenoxy) is 1. The summed E-state index contributed by atoms with van der Waals surface area (Å²) in [6.45, 7) is 3.42. The molecule has 0 saturated heterocycles. The predicted molar refractivity (Wildman–Crippen MR) is 74.7 cm³/mol. The highest BCUT2D eigenvalue weighted by Gasteiger charge is 2.64. The molecule has 0 bridgehead atoms. The SMILES string of the molecule is CC(C)Oc1c(NC2(C(F)(F)F)CC2)sc(C(N)=O)c1N. The van der Waals surface area contributed by atoms with E-state index in [-0.39, 0.29) is 40.3 Å². The van der Waals surface area contributed by atoms with Gasteiger partial charge in [0, 0.05) is 0 Å². The number of hydrogen-bond acceptors (Lipinski definition) is 5. The van der Waals surface area contributed by atoms with Crippen molar-refractivity contribution in [2.45, 2.75) is 44.5 Å². The van der Waals surface area contributed by atoms with Crippen LogP contribution in [-0.4, -0.2) is 23.7 Å². The second kappa shape index (κ2) is 4.97. The highest BCUT2D eigenvalue weighted by molar-refractivity contribution is 7.19. The Balaban J connectivity index is 2.39. The maximum absolute atomic E-state index is 13.0. The molecule has 0 spiro atoms. The van der Waals surface area contributed by atoms with Crippen LogP contribution in [0, 0.1) is 0 Å². The van der Waals surface area contributed by atoms with E-state index in [9.17, 15) is 18.0 Å². The fourth-order valence-electron chi connectivity index (χ4n) is 1.87. The molecule has 1 aliphatic rings. The van der Waals surface area contributed by atoms with E-state index in [1.54, 1.807) is 13.8 Å². The average Bonchev–Trinajstić information content (AvgIpc) is 3.04. The lowest BCUT2D eigenvalue weighted by Crippen LogP contribution is -2.38. The molecule has 0 aromatic carbocycles. The number of primary amides is 1. The number of hydrogen-bond donors (Lipinski definition) is 3. The Morgan fingerprint density at radius 1 is 1.43 bits per heavy atom. The molecule has 2 rings (SSSR count). The topological polar surface area (TPSA) is 90.4 Å². The summed E-state index contributed by atoms with van der Waals surface area (Å²) >= 11 is 0.784. The lowest BCUT2D eigenvalue weighted by atomic mass is 10.2. The van der Waals surface area contributed by atoms with Crippen LogP contribution in [0.3, 0.4) is 0 Å². The summed E-state index contributed by atoms with van der Waals surface area (Å²) in [5.41, 5.74) is 8.95. The number of thiophene rings is 1. The molecule has 5 nitrogen and oxygen atoms in total. The third kappa shape index (κ3) is 2.87. The fourth-order valence-corrected chi connectivity index (χ4v) is 2.87. The molecule has 1 fully saturated rings. The van der Waals surface area contributed by atoms with Gasteiger partial charge in [0.15, 0.2) is 5.75 Å². The quantitative estimate of drug-likeness (QED) is 0.777. The van der Waals surface area contributed by atoms with Crippen molar-refractivity contribution in [3.8, 4) is 5.75 Å². The van der Waals surface area contributed by atoms with Crippen LogP contribution >= 0.6 is 11.3 Å². The molecular weight excluding hydrogens is 307 g/mol. The predicted octanol–water partition coefficient (Wildman–Crippen LogP) is 2.72. The van der Waals surface area contributed by atoms with Crippen LogP contribution in [0.5, 0.6) is 5.75 Å². The second-order valence-corrected chi connectivity index (χ2v) is 6.26. The smallest absolute Gasteiger partial charge is 0.411 e. The van der Waals surface area contributed by atoms with Gasteiger partial charge in [0.1, 0.15) is 21.1 Å². The zero-order chi connectivity index (χ0) is 16.0. The van der Waals surface area contributed by atoms with Crippen LogP contribution < -0.4 is 21.5 Å². The van der Waals surface area contributed by atoms with Gasteiger partial charge in [-0.1, -0.05) is 0 Å².